The van der Waals surface area contributed by atoms with Crippen LogP contribution < -0.4 is 10.6 Å². The molecule has 7 nitrogen and oxygen atoms in total. The molecule has 0 unspecified atom stereocenters. The number of nitrogens with zero attached hydrogens (tertiary/aromatic N) is 3. The number of anilines is 1. The van der Waals surface area contributed by atoms with E-state index in [1.54, 1.807) is 0 Å². The molecule has 3 aromatic rings. The van der Waals surface area contributed by atoms with Crippen LogP contribution in [0.5, 0.6) is 0 Å². The maximum Gasteiger partial charge on any atom is 0.319 e. The molecule has 0 atom stereocenters. The molecular formula is C20H24N6O. The predicted molar refractivity (Wildman–Crippen MR) is 105 cm³/mol. The van der Waals surface area contributed by atoms with E-state index in [2.05, 4.69) is 37.5 Å². The smallest absolute Gasteiger partial charge is 0.319 e. The molecule has 0 fully saturated rings. The summed E-state index contributed by atoms with van der Waals surface area (Å²) >= 11 is 0. The van der Waals surface area contributed by atoms with Gasteiger partial charge in [0.05, 0.1) is 11.0 Å². The van der Waals surface area contributed by atoms with E-state index in [-0.39, 0.29) is 6.03 Å². The van der Waals surface area contributed by atoms with Crippen molar-refractivity contribution in [2.45, 2.75) is 46.0 Å². The highest BCUT2D eigenvalue weighted by Gasteiger charge is 2.16. The predicted octanol–water partition coefficient (Wildman–Crippen LogP) is 3.08. The molecule has 0 bridgehead atoms. The minimum absolute atomic E-state index is 0.234. The van der Waals surface area contributed by atoms with Crippen LogP contribution in [0, 0.1) is 6.92 Å². The summed E-state index contributed by atoms with van der Waals surface area (Å²) < 4.78 is 0. The molecular weight excluding hydrogens is 340 g/mol. The van der Waals surface area contributed by atoms with Gasteiger partial charge in [0.1, 0.15) is 11.6 Å². The molecule has 2 aromatic heterocycles. The third-order valence-corrected chi connectivity index (χ3v) is 4.94. The van der Waals surface area contributed by atoms with E-state index in [0.29, 0.717) is 13.0 Å². The molecule has 0 aliphatic heterocycles. The van der Waals surface area contributed by atoms with E-state index >= 15 is 0 Å². The largest absolute Gasteiger partial charge is 0.342 e. The molecule has 3 N–H and O–H groups in total. The summed E-state index contributed by atoms with van der Waals surface area (Å²) in [6.07, 6.45) is 4.76. The van der Waals surface area contributed by atoms with Crippen LogP contribution in [0.15, 0.2) is 18.2 Å². The quantitative estimate of drug-likeness (QED) is 0.648. The Labute approximate surface area is 158 Å². The van der Waals surface area contributed by atoms with E-state index in [1.807, 2.05) is 25.1 Å². The number of aromatic amines is 1. The minimum Gasteiger partial charge on any atom is -0.342 e. The molecule has 27 heavy (non-hydrogen) atoms. The van der Waals surface area contributed by atoms with E-state index in [1.165, 1.54) is 11.3 Å². The van der Waals surface area contributed by atoms with Crippen molar-refractivity contribution >= 4 is 22.8 Å². The van der Waals surface area contributed by atoms with Gasteiger partial charge in [-0.05, 0) is 49.9 Å². The SMILES string of the molecule is CCc1nc2ccc(NC(=O)NCCc3nc(C)c4c(n3)CCC4)cc2[nH]1. The fraction of sp³-hybridized carbons (Fsp3) is 0.400. The van der Waals surface area contributed by atoms with E-state index in [4.69, 9.17) is 0 Å². The van der Waals surface area contributed by atoms with Gasteiger partial charge < -0.3 is 15.6 Å². The van der Waals surface area contributed by atoms with Gasteiger partial charge in [0.15, 0.2) is 0 Å². The Morgan fingerprint density at radius 2 is 2.11 bits per heavy atom. The number of rotatable bonds is 5. The first-order valence-electron chi connectivity index (χ1n) is 9.51. The lowest BCUT2D eigenvalue weighted by molar-refractivity contribution is 0.252. The van der Waals surface area contributed by atoms with Gasteiger partial charge in [-0.25, -0.2) is 19.7 Å². The Balaban J connectivity index is 1.33. The molecule has 140 valence electrons. The number of nitrogens with one attached hydrogen (secondary N) is 3. The van der Waals surface area contributed by atoms with Crippen molar-refractivity contribution in [1.82, 2.24) is 25.3 Å². The van der Waals surface area contributed by atoms with Gasteiger partial charge in [0, 0.05) is 36.5 Å². The molecule has 0 saturated heterocycles. The molecule has 1 aromatic carbocycles. The van der Waals surface area contributed by atoms with E-state index in [9.17, 15) is 4.79 Å². The van der Waals surface area contributed by atoms with Gasteiger partial charge in [0.25, 0.3) is 0 Å². The summed E-state index contributed by atoms with van der Waals surface area (Å²) in [5.74, 6) is 1.75. The van der Waals surface area contributed by atoms with Gasteiger partial charge >= 0.3 is 6.03 Å². The van der Waals surface area contributed by atoms with Crippen LogP contribution >= 0.6 is 0 Å². The third kappa shape index (κ3) is 3.77. The summed E-state index contributed by atoms with van der Waals surface area (Å²) in [6.45, 7) is 4.60. The normalized spacial score (nSPS) is 13.0. The zero-order valence-electron chi connectivity index (χ0n) is 15.7. The standard InChI is InChI=1S/C20H24N6O/c1-3-18-25-16-8-7-13(11-17(16)26-18)23-20(27)21-10-9-19-22-12(2)14-5-4-6-15(14)24-19/h7-8,11H,3-6,9-10H2,1-2H3,(H,25,26)(H2,21,23,27). The number of carbonyl (C=O) groups is 1. The molecule has 0 spiro atoms. The Morgan fingerprint density at radius 3 is 2.96 bits per heavy atom. The highest BCUT2D eigenvalue weighted by molar-refractivity contribution is 5.91. The van der Waals surface area contributed by atoms with E-state index < -0.39 is 0 Å². The first-order chi connectivity index (χ1) is 13.1. The third-order valence-electron chi connectivity index (χ3n) is 4.94. The number of amides is 2. The van der Waals surface area contributed by atoms with Crippen LogP contribution in [-0.4, -0.2) is 32.5 Å². The monoisotopic (exact) mass is 364 g/mol. The zero-order valence-corrected chi connectivity index (χ0v) is 15.7. The number of hydrogen-bond donors (Lipinski definition) is 3. The topological polar surface area (TPSA) is 95.6 Å². The van der Waals surface area contributed by atoms with Crippen LogP contribution in [0.4, 0.5) is 10.5 Å². The second kappa shape index (κ2) is 7.34. The van der Waals surface area contributed by atoms with Crippen LogP contribution in [0.2, 0.25) is 0 Å². The molecule has 2 heterocycles. The summed E-state index contributed by atoms with van der Waals surface area (Å²) in [4.78, 5) is 29.1. The molecule has 2 amide bonds. The summed E-state index contributed by atoms with van der Waals surface area (Å²) in [5.41, 5.74) is 6.13. The van der Waals surface area contributed by atoms with Crippen molar-refractivity contribution in [3.05, 3.63) is 46.8 Å². The number of urea groups is 1. The number of aryl methyl sites for hydroxylation is 3. The number of imidazole rings is 1. The summed E-state index contributed by atoms with van der Waals surface area (Å²) in [6, 6.07) is 5.42. The Kier molecular flexibility index (Phi) is 4.75. The number of hydrogen-bond acceptors (Lipinski definition) is 4. The molecule has 0 saturated carbocycles. The van der Waals surface area contributed by atoms with Crippen molar-refractivity contribution < 1.29 is 4.79 Å². The maximum atomic E-state index is 12.2. The van der Waals surface area contributed by atoms with Gasteiger partial charge in [-0.3, -0.25) is 0 Å². The van der Waals surface area contributed by atoms with Crippen molar-refractivity contribution in [2.75, 3.05) is 11.9 Å². The van der Waals surface area contributed by atoms with Crippen molar-refractivity contribution in [2.24, 2.45) is 0 Å². The summed E-state index contributed by atoms with van der Waals surface area (Å²) in [7, 11) is 0. The maximum absolute atomic E-state index is 12.2. The lowest BCUT2D eigenvalue weighted by Gasteiger charge is -2.09. The number of carbonyl (C=O) groups excluding carboxylic acids is 1. The average Bonchev–Trinajstić information content (AvgIpc) is 3.27. The molecule has 1 aliphatic carbocycles. The number of aromatic nitrogens is 4. The second-order valence-corrected chi connectivity index (χ2v) is 6.90. The second-order valence-electron chi connectivity index (χ2n) is 6.90. The zero-order chi connectivity index (χ0) is 18.8. The van der Waals surface area contributed by atoms with Gasteiger partial charge in [-0.2, -0.15) is 0 Å². The first-order valence-corrected chi connectivity index (χ1v) is 9.51. The molecule has 4 rings (SSSR count). The Bertz CT molecular complexity index is 994. The molecule has 7 heteroatoms. The van der Waals surface area contributed by atoms with Crippen molar-refractivity contribution in [3.63, 3.8) is 0 Å². The summed E-state index contributed by atoms with van der Waals surface area (Å²) in [5, 5.41) is 5.74. The first kappa shape index (κ1) is 17.5. The van der Waals surface area contributed by atoms with Crippen LogP contribution in [-0.2, 0) is 25.7 Å². The van der Waals surface area contributed by atoms with Gasteiger partial charge in [-0.1, -0.05) is 6.92 Å². The van der Waals surface area contributed by atoms with Gasteiger partial charge in [0.2, 0.25) is 0 Å². The molecule has 0 radical (unpaired) electrons. The van der Waals surface area contributed by atoms with Gasteiger partial charge in [-0.15, -0.1) is 0 Å². The number of benzene rings is 1. The minimum atomic E-state index is -0.234. The number of H-pyrrole nitrogens is 1. The fourth-order valence-electron chi connectivity index (χ4n) is 3.57. The van der Waals surface area contributed by atoms with Crippen LogP contribution in [0.3, 0.4) is 0 Å². The highest BCUT2D eigenvalue weighted by atomic mass is 16.2. The Hall–Kier alpha value is -2.96. The van der Waals surface area contributed by atoms with Crippen LogP contribution in [0.1, 0.15) is 41.9 Å². The lowest BCUT2D eigenvalue weighted by Crippen LogP contribution is -2.30. The lowest BCUT2D eigenvalue weighted by atomic mass is 10.2. The molecule has 1 aliphatic rings. The van der Waals surface area contributed by atoms with Crippen LogP contribution in [0.25, 0.3) is 11.0 Å². The van der Waals surface area contributed by atoms with Crippen molar-refractivity contribution in [1.29, 1.82) is 0 Å². The fourth-order valence-corrected chi connectivity index (χ4v) is 3.57. The van der Waals surface area contributed by atoms with E-state index in [0.717, 1.165) is 59.7 Å². The average molecular weight is 364 g/mol. The highest BCUT2D eigenvalue weighted by Crippen LogP contribution is 2.22. The van der Waals surface area contributed by atoms with Crippen molar-refractivity contribution in [3.8, 4) is 0 Å². The Morgan fingerprint density at radius 1 is 1.22 bits per heavy atom. The number of fused-ring (bicyclic) bond motifs is 2.